The zero-order chi connectivity index (χ0) is 16.0. The number of halogens is 1. The quantitative estimate of drug-likeness (QED) is 0.799. The van der Waals surface area contributed by atoms with E-state index in [9.17, 15) is 17.6 Å². The van der Waals surface area contributed by atoms with Crippen LogP contribution in [0.2, 0.25) is 0 Å². The van der Waals surface area contributed by atoms with Gasteiger partial charge in [0.2, 0.25) is 5.91 Å². The molecule has 0 unspecified atom stereocenters. The van der Waals surface area contributed by atoms with Gasteiger partial charge in [0.15, 0.2) is 0 Å². The normalized spacial score (nSPS) is 11.7. The minimum atomic E-state index is -3.50. The van der Waals surface area contributed by atoms with Crippen LogP contribution in [0.5, 0.6) is 0 Å². The molecule has 8 heteroatoms. The Morgan fingerprint density at radius 1 is 1.24 bits per heavy atom. The SMILES string of the molecule is CC(=O)N(CCNS(=O)(=O)N(C)C)Cc1ccc(F)cc1. The summed E-state index contributed by atoms with van der Waals surface area (Å²) >= 11 is 0. The zero-order valence-corrected chi connectivity index (χ0v) is 13.2. The van der Waals surface area contributed by atoms with Crippen LogP contribution in [-0.2, 0) is 21.5 Å². The molecule has 1 N–H and O–H groups in total. The molecular formula is C13H20FN3O3S. The fraction of sp³-hybridized carbons (Fsp3) is 0.462. The van der Waals surface area contributed by atoms with E-state index in [2.05, 4.69) is 4.72 Å². The molecule has 1 rings (SSSR count). The van der Waals surface area contributed by atoms with Crippen LogP contribution in [0.25, 0.3) is 0 Å². The van der Waals surface area contributed by atoms with Gasteiger partial charge in [0.25, 0.3) is 10.2 Å². The molecule has 0 saturated heterocycles. The van der Waals surface area contributed by atoms with E-state index >= 15 is 0 Å². The summed E-state index contributed by atoms with van der Waals surface area (Å²) in [6.45, 7) is 2.06. The van der Waals surface area contributed by atoms with Gasteiger partial charge in [-0.2, -0.15) is 12.7 Å². The Morgan fingerprint density at radius 2 is 1.81 bits per heavy atom. The fourth-order valence-corrected chi connectivity index (χ4v) is 2.20. The maximum atomic E-state index is 12.8. The molecule has 1 amide bonds. The highest BCUT2D eigenvalue weighted by Crippen LogP contribution is 2.06. The number of benzene rings is 1. The molecule has 0 aromatic heterocycles. The molecule has 1 aromatic carbocycles. The van der Waals surface area contributed by atoms with E-state index in [1.807, 2.05) is 0 Å². The molecule has 0 atom stereocenters. The molecule has 0 aliphatic rings. The Labute approximate surface area is 124 Å². The summed E-state index contributed by atoms with van der Waals surface area (Å²) in [6, 6.07) is 5.83. The van der Waals surface area contributed by atoms with E-state index in [1.165, 1.54) is 38.1 Å². The van der Waals surface area contributed by atoms with Crippen molar-refractivity contribution < 1.29 is 17.6 Å². The van der Waals surface area contributed by atoms with E-state index in [4.69, 9.17) is 0 Å². The monoisotopic (exact) mass is 317 g/mol. The van der Waals surface area contributed by atoms with Crippen molar-refractivity contribution in [3.63, 3.8) is 0 Å². The first-order valence-electron chi connectivity index (χ1n) is 6.39. The number of carbonyl (C=O) groups is 1. The number of hydrogen-bond donors (Lipinski definition) is 1. The number of hydrogen-bond acceptors (Lipinski definition) is 3. The van der Waals surface area contributed by atoms with Crippen molar-refractivity contribution in [3.05, 3.63) is 35.6 Å². The molecule has 21 heavy (non-hydrogen) atoms. The smallest absolute Gasteiger partial charge is 0.278 e. The molecule has 0 aliphatic carbocycles. The van der Waals surface area contributed by atoms with Crippen LogP contribution < -0.4 is 4.72 Å². The summed E-state index contributed by atoms with van der Waals surface area (Å²) < 4.78 is 39.4. The second-order valence-corrected chi connectivity index (χ2v) is 6.72. The van der Waals surface area contributed by atoms with Crippen molar-refractivity contribution in [2.45, 2.75) is 13.5 Å². The van der Waals surface area contributed by atoms with Crippen LogP contribution in [0.1, 0.15) is 12.5 Å². The molecule has 0 heterocycles. The number of nitrogens with zero attached hydrogens (tertiary/aromatic N) is 2. The second-order valence-electron chi connectivity index (χ2n) is 4.75. The minimum absolute atomic E-state index is 0.112. The van der Waals surface area contributed by atoms with Crippen molar-refractivity contribution in [1.82, 2.24) is 13.9 Å². The molecule has 0 aliphatic heterocycles. The Balaban J connectivity index is 2.59. The Kier molecular flexibility index (Phi) is 6.25. The summed E-state index contributed by atoms with van der Waals surface area (Å²) in [7, 11) is -0.662. The highest BCUT2D eigenvalue weighted by atomic mass is 32.2. The van der Waals surface area contributed by atoms with Crippen molar-refractivity contribution in [2.75, 3.05) is 27.2 Å². The lowest BCUT2D eigenvalue weighted by molar-refractivity contribution is -0.129. The molecule has 118 valence electrons. The van der Waals surface area contributed by atoms with Crippen LogP contribution in [0.3, 0.4) is 0 Å². The first-order valence-corrected chi connectivity index (χ1v) is 7.83. The van der Waals surface area contributed by atoms with Crippen LogP contribution in [0.4, 0.5) is 4.39 Å². The van der Waals surface area contributed by atoms with Gasteiger partial charge >= 0.3 is 0 Å². The highest BCUT2D eigenvalue weighted by molar-refractivity contribution is 7.87. The third kappa shape index (κ3) is 5.78. The summed E-state index contributed by atoms with van der Waals surface area (Å²) in [5.41, 5.74) is 0.780. The van der Waals surface area contributed by atoms with E-state index in [0.29, 0.717) is 6.54 Å². The number of rotatable bonds is 7. The van der Waals surface area contributed by atoms with Crippen LogP contribution >= 0.6 is 0 Å². The molecule has 6 nitrogen and oxygen atoms in total. The van der Waals surface area contributed by atoms with E-state index in [1.54, 1.807) is 12.1 Å². The molecule has 0 bridgehead atoms. The Bertz CT molecular complexity index is 573. The predicted molar refractivity (Wildman–Crippen MR) is 78.1 cm³/mol. The largest absolute Gasteiger partial charge is 0.337 e. The van der Waals surface area contributed by atoms with Crippen LogP contribution in [0, 0.1) is 5.82 Å². The Morgan fingerprint density at radius 3 is 2.29 bits per heavy atom. The Hall–Kier alpha value is -1.51. The van der Waals surface area contributed by atoms with Gasteiger partial charge in [-0.1, -0.05) is 12.1 Å². The van der Waals surface area contributed by atoms with Crippen LogP contribution in [0.15, 0.2) is 24.3 Å². The lowest BCUT2D eigenvalue weighted by atomic mass is 10.2. The summed E-state index contributed by atoms with van der Waals surface area (Å²) in [5.74, 6) is -0.518. The van der Waals surface area contributed by atoms with Gasteiger partial charge in [0, 0.05) is 40.7 Å². The van der Waals surface area contributed by atoms with Gasteiger partial charge in [-0.25, -0.2) is 9.11 Å². The zero-order valence-electron chi connectivity index (χ0n) is 12.3. The van der Waals surface area contributed by atoms with Crippen molar-refractivity contribution >= 4 is 16.1 Å². The first kappa shape index (κ1) is 17.5. The van der Waals surface area contributed by atoms with E-state index in [0.717, 1.165) is 9.87 Å². The van der Waals surface area contributed by atoms with Gasteiger partial charge in [-0.3, -0.25) is 4.79 Å². The number of nitrogens with one attached hydrogen (secondary N) is 1. The van der Waals surface area contributed by atoms with Gasteiger partial charge in [0.1, 0.15) is 5.82 Å². The average molecular weight is 317 g/mol. The molecule has 0 fully saturated rings. The molecule has 1 aromatic rings. The van der Waals surface area contributed by atoms with Crippen molar-refractivity contribution in [1.29, 1.82) is 0 Å². The fourth-order valence-electron chi connectivity index (χ4n) is 1.60. The lowest BCUT2D eigenvalue weighted by Crippen LogP contribution is -2.41. The van der Waals surface area contributed by atoms with Crippen molar-refractivity contribution in [3.8, 4) is 0 Å². The third-order valence-electron chi connectivity index (χ3n) is 2.88. The van der Waals surface area contributed by atoms with Gasteiger partial charge in [-0.05, 0) is 17.7 Å². The number of amides is 1. The minimum Gasteiger partial charge on any atom is -0.337 e. The van der Waals surface area contributed by atoms with Crippen molar-refractivity contribution in [2.24, 2.45) is 0 Å². The molecule has 0 saturated carbocycles. The average Bonchev–Trinajstić information content (AvgIpc) is 2.39. The summed E-state index contributed by atoms with van der Waals surface area (Å²) in [6.07, 6.45) is 0. The van der Waals surface area contributed by atoms with Gasteiger partial charge in [-0.15, -0.1) is 0 Å². The van der Waals surface area contributed by atoms with E-state index in [-0.39, 0.29) is 24.8 Å². The maximum Gasteiger partial charge on any atom is 0.278 e. The van der Waals surface area contributed by atoms with Gasteiger partial charge in [0.05, 0.1) is 0 Å². The first-order chi connectivity index (χ1) is 9.72. The highest BCUT2D eigenvalue weighted by Gasteiger charge is 2.14. The topological polar surface area (TPSA) is 69.7 Å². The molecule has 0 radical (unpaired) electrons. The molecular weight excluding hydrogens is 297 g/mol. The third-order valence-corrected chi connectivity index (χ3v) is 4.41. The second kappa shape index (κ2) is 7.48. The molecule has 0 spiro atoms. The number of carbonyl (C=O) groups excluding carboxylic acids is 1. The lowest BCUT2D eigenvalue weighted by Gasteiger charge is -2.22. The standard InChI is InChI=1S/C13H20FN3O3S/c1-11(18)17(9-8-15-21(19,20)16(2)3)10-12-4-6-13(14)7-5-12/h4-7,15H,8-10H2,1-3H3. The predicted octanol–water partition coefficient (Wildman–Crippen LogP) is 0.570. The van der Waals surface area contributed by atoms with E-state index < -0.39 is 10.2 Å². The maximum absolute atomic E-state index is 12.8. The van der Waals surface area contributed by atoms with Crippen LogP contribution in [-0.4, -0.2) is 50.7 Å². The summed E-state index contributed by atoms with van der Waals surface area (Å²) in [4.78, 5) is 13.1. The van der Waals surface area contributed by atoms with Gasteiger partial charge < -0.3 is 4.90 Å². The summed E-state index contributed by atoms with van der Waals surface area (Å²) in [5, 5.41) is 0.